The monoisotopic (exact) mass is 280 g/mol. The molecule has 1 aromatic carbocycles. The zero-order valence-electron chi connectivity index (χ0n) is 10.5. The van der Waals surface area contributed by atoms with Gasteiger partial charge in [0.1, 0.15) is 10.7 Å². The van der Waals surface area contributed by atoms with E-state index in [-0.39, 0.29) is 10.6 Å². The molecule has 0 saturated carbocycles. The lowest BCUT2D eigenvalue weighted by Gasteiger charge is -2.15. The van der Waals surface area contributed by atoms with Gasteiger partial charge in [-0.1, -0.05) is 19.1 Å². The number of hydrogen-bond donors (Lipinski definition) is 3. The molecule has 0 bridgehead atoms. The number of nitrogens with zero attached hydrogens (tertiary/aromatic N) is 1. The normalized spacial score (nSPS) is 13.3. The number of sulfonamides is 1. The molecule has 0 aliphatic carbocycles. The molecule has 0 aliphatic rings. The van der Waals surface area contributed by atoms with Crippen LogP contribution in [0.3, 0.4) is 0 Å². The predicted octanol–water partition coefficient (Wildman–Crippen LogP) is 1.42. The molecule has 1 aromatic heterocycles. The number of aromatic amines is 1. The lowest BCUT2D eigenvalue weighted by molar-refractivity contribution is 0.539. The fourth-order valence-electron chi connectivity index (χ4n) is 1.78. The van der Waals surface area contributed by atoms with Gasteiger partial charge < -0.3 is 10.7 Å². The van der Waals surface area contributed by atoms with Gasteiger partial charge in [-0.2, -0.15) is 0 Å². The summed E-state index contributed by atoms with van der Waals surface area (Å²) >= 11 is 0. The third-order valence-electron chi connectivity index (χ3n) is 2.76. The number of benzene rings is 1. The molecule has 7 heteroatoms. The van der Waals surface area contributed by atoms with Crippen LogP contribution in [0.1, 0.15) is 25.2 Å². The second kappa shape index (κ2) is 5.41. The predicted molar refractivity (Wildman–Crippen MR) is 72.8 cm³/mol. The minimum Gasteiger partial charge on any atom is -0.398 e. The van der Waals surface area contributed by atoms with E-state index in [1.54, 1.807) is 30.6 Å². The Morgan fingerprint density at radius 2 is 2.16 bits per heavy atom. The van der Waals surface area contributed by atoms with E-state index in [1.165, 1.54) is 6.07 Å². The maximum atomic E-state index is 12.3. The molecule has 2 aromatic rings. The van der Waals surface area contributed by atoms with Crippen LogP contribution < -0.4 is 10.5 Å². The Kier molecular flexibility index (Phi) is 3.87. The lowest BCUT2D eigenvalue weighted by Crippen LogP contribution is -2.29. The highest BCUT2D eigenvalue weighted by Gasteiger charge is 2.23. The molecule has 4 N–H and O–H groups in total. The molecule has 6 nitrogen and oxygen atoms in total. The molecule has 19 heavy (non-hydrogen) atoms. The Hall–Kier alpha value is -1.86. The summed E-state index contributed by atoms with van der Waals surface area (Å²) in [5, 5.41) is 0. The Balaban J connectivity index is 2.29. The van der Waals surface area contributed by atoms with Crippen molar-refractivity contribution in [1.29, 1.82) is 0 Å². The number of nitrogens with one attached hydrogen (secondary N) is 2. The second-order valence-electron chi connectivity index (χ2n) is 4.09. The van der Waals surface area contributed by atoms with E-state index in [9.17, 15) is 8.42 Å². The summed E-state index contributed by atoms with van der Waals surface area (Å²) in [5.74, 6) is 0.584. The van der Waals surface area contributed by atoms with Crippen molar-refractivity contribution in [3.63, 3.8) is 0 Å². The summed E-state index contributed by atoms with van der Waals surface area (Å²) in [6.07, 6.45) is 3.83. The standard InChI is InChI=1S/C12H16N4O2S/c1-2-10(12-14-7-8-15-12)16-19(17,18)11-6-4-3-5-9(11)13/h3-8,10,16H,2,13H2,1H3,(H,14,15). The van der Waals surface area contributed by atoms with Gasteiger partial charge in [-0.3, -0.25) is 0 Å². The van der Waals surface area contributed by atoms with Gasteiger partial charge in [0.05, 0.1) is 11.7 Å². The van der Waals surface area contributed by atoms with Crippen LogP contribution in [0, 0.1) is 0 Å². The quantitative estimate of drug-likeness (QED) is 0.721. The van der Waals surface area contributed by atoms with Crippen LogP contribution in [0.2, 0.25) is 0 Å². The van der Waals surface area contributed by atoms with Gasteiger partial charge in [-0.15, -0.1) is 0 Å². The summed E-state index contributed by atoms with van der Waals surface area (Å²) in [6.45, 7) is 1.88. The molecule has 1 atom stereocenters. The van der Waals surface area contributed by atoms with E-state index in [0.717, 1.165) is 0 Å². The fourth-order valence-corrected chi connectivity index (χ4v) is 3.19. The van der Waals surface area contributed by atoms with Crippen molar-refractivity contribution in [2.75, 3.05) is 5.73 Å². The van der Waals surface area contributed by atoms with Gasteiger partial charge in [0, 0.05) is 12.4 Å². The first-order valence-electron chi connectivity index (χ1n) is 5.90. The van der Waals surface area contributed by atoms with Crippen LogP contribution in [0.25, 0.3) is 0 Å². The van der Waals surface area contributed by atoms with Crippen LogP contribution in [0.5, 0.6) is 0 Å². The molecule has 1 unspecified atom stereocenters. The Labute approximate surface area is 112 Å². The minimum atomic E-state index is -3.66. The Morgan fingerprint density at radius 1 is 1.42 bits per heavy atom. The number of nitrogen functional groups attached to an aromatic ring is 1. The van der Waals surface area contributed by atoms with Gasteiger partial charge in [0.15, 0.2) is 0 Å². The lowest BCUT2D eigenvalue weighted by atomic mass is 10.2. The summed E-state index contributed by atoms with van der Waals surface area (Å²) < 4.78 is 27.2. The van der Waals surface area contributed by atoms with Crippen molar-refractivity contribution in [3.05, 3.63) is 42.5 Å². The maximum absolute atomic E-state index is 12.3. The van der Waals surface area contributed by atoms with E-state index in [0.29, 0.717) is 12.2 Å². The molecule has 1 heterocycles. The van der Waals surface area contributed by atoms with Gasteiger partial charge >= 0.3 is 0 Å². The van der Waals surface area contributed by atoms with Crippen molar-refractivity contribution in [1.82, 2.24) is 14.7 Å². The zero-order valence-corrected chi connectivity index (χ0v) is 11.3. The van der Waals surface area contributed by atoms with Crippen LogP contribution in [-0.2, 0) is 10.0 Å². The Morgan fingerprint density at radius 3 is 2.74 bits per heavy atom. The molecule has 0 spiro atoms. The molecular weight excluding hydrogens is 264 g/mol. The fraction of sp³-hybridized carbons (Fsp3) is 0.250. The zero-order chi connectivity index (χ0) is 13.9. The number of rotatable bonds is 5. The van der Waals surface area contributed by atoms with Crippen molar-refractivity contribution in [2.45, 2.75) is 24.3 Å². The van der Waals surface area contributed by atoms with Crippen LogP contribution in [0.15, 0.2) is 41.6 Å². The second-order valence-corrected chi connectivity index (χ2v) is 5.78. The average Bonchev–Trinajstić information content (AvgIpc) is 2.90. The van der Waals surface area contributed by atoms with E-state index >= 15 is 0 Å². The van der Waals surface area contributed by atoms with Crippen LogP contribution >= 0.6 is 0 Å². The first-order chi connectivity index (χ1) is 9.04. The molecule has 0 aliphatic heterocycles. The molecular formula is C12H16N4O2S. The van der Waals surface area contributed by atoms with Crippen LogP contribution in [0.4, 0.5) is 5.69 Å². The minimum absolute atomic E-state index is 0.0833. The van der Waals surface area contributed by atoms with E-state index in [4.69, 9.17) is 5.73 Å². The molecule has 0 amide bonds. The van der Waals surface area contributed by atoms with Gasteiger partial charge in [0.2, 0.25) is 10.0 Å². The number of anilines is 1. The number of hydrogen-bond acceptors (Lipinski definition) is 4. The summed E-state index contributed by atoms with van der Waals surface area (Å²) in [5.41, 5.74) is 5.93. The van der Waals surface area contributed by atoms with Crippen molar-refractivity contribution >= 4 is 15.7 Å². The molecule has 0 fully saturated rings. The van der Waals surface area contributed by atoms with E-state index in [2.05, 4.69) is 14.7 Å². The van der Waals surface area contributed by atoms with Crippen molar-refractivity contribution in [2.24, 2.45) is 0 Å². The summed E-state index contributed by atoms with van der Waals surface area (Å²) in [7, 11) is -3.66. The molecule has 102 valence electrons. The average molecular weight is 280 g/mol. The smallest absolute Gasteiger partial charge is 0.243 e. The third kappa shape index (κ3) is 2.94. The van der Waals surface area contributed by atoms with Gasteiger partial charge in [-0.05, 0) is 18.6 Å². The van der Waals surface area contributed by atoms with E-state index in [1.807, 2.05) is 6.92 Å². The van der Waals surface area contributed by atoms with Gasteiger partial charge in [-0.25, -0.2) is 18.1 Å². The number of aromatic nitrogens is 2. The highest BCUT2D eigenvalue weighted by Crippen LogP contribution is 2.21. The SMILES string of the molecule is CCC(NS(=O)(=O)c1ccccc1N)c1ncc[nH]1. The highest BCUT2D eigenvalue weighted by atomic mass is 32.2. The molecule has 0 radical (unpaired) electrons. The van der Waals surface area contributed by atoms with Gasteiger partial charge in [0.25, 0.3) is 0 Å². The number of para-hydroxylation sites is 1. The third-order valence-corrected chi connectivity index (χ3v) is 4.31. The number of H-pyrrole nitrogens is 1. The molecule has 2 rings (SSSR count). The maximum Gasteiger partial charge on any atom is 0.243 e. The number of nitrogens with two attached hydrogens (primary N) is 1. The topological polar surface area (TPSA) is 101 Å². The van der Waals surface area contributed by atoms with Crippen molar-refractivity contribution in [3.8, 4) is 0 Å². The highest BCUT2D eigenvalue weighted by molar-refractivity contribution is 7.89. The Bertz CT molecular complexity index is 638. The number of imidazole rings is 1. The first-order valence-corrected chi connectivity index (χ1v) is 7.39. The molecule has 0 saturated heterocycles. The summed E-state index contributed by atoms with van der Waals surface area (Å²) in [4.78, 5) is 7.06. The van der Waals surface area contributed by atoms with Crippen LogP contribution in [-0.4, -0.2) is 18.4 Å². The summed E-state index contributed by atoms with van der Waals surface area (Å²) in [6, 6.07) is 5.96. The first kappa shape index (κ1) is 13.6. The van der Waals surface area contributed by atoms with E-state index < -0.39 is 16.1 Å². The van der Waals surface area contributed by atoms with Crippen molar-refractivity contribution < 1.29 is 8.42 Å². The largest absolute Gasteiger partial charge is 0.398 e.